The third kappa shape index (κ3) is 3.47. The topological polar surface area (TPSA) is 29.1 Å². The lowest BCUT2D eigenvalue weighted by atomic mass is 10.2. The van der Waals surface area contributed by atoms with Gasteiger partial charge in [-0.25, -0.2) is 5.11 Å². The minimum absolute atomic E-state index is 0.157. The van der Waals surface area contributed by atoms with Crippen molar-refractivity contribution in [3.8, 4) is 5.75 Å². The van der Waals surface area contributed by atoms with E-state index < -0.39 is 0 Å². The Bertz CT molecular complexity index is 228. The van der Waals surface area contributed by atoms with Gasteiger partial charge in [0.2, 0.25) is 0 Å². The zero-order chi connectivity index (χ0) is 9.52. The molecule has 0 aromatic heterocycles. The molecule has 0 amide bonds. The third-order valence-electron chi connectivity index (χ3n) is 1.86. The van der Waals surface area contributed by atoms with Crippen molar-refractivity contribution in [2.75, 3.05) is 6.61 Å². The van der Waals surface area contributed by atoms with E-state index in [2.05, 4.69) is 6.92 Å². The van der Waals surface area contributed by atoms with Gasteiger partial charge in [0.1, 0.15) is 12.4 Å². The first-order valence-corrected chi connectivity index (χ1v) is 4.66. The van der Waals surface area contributed by atoms with Crippen LogP contribution in [0.25, 0.3) is 0 Å². The van der Waals surface area contributed by atoms with Crippen LogP contribution in [0.5, 0.6) is 5.75 Å². The second-order valence-corrected chi connectivity index (χ2v) is 2.99. The van der Waals surface area contributed by atoms with Crippen molar-refractivity contribution < 1.29 is 9.84 Å². The van der Waals surface area contributed by atoms with Crippen molar-refractivity contribution in [3.05, 3.63) is 29.8 Å². The lowest BCUT2D eigenvalue weighted by Gasteiger charge is -2.04. The fourth-order valence-corrected chi connectivity index (χ4v) is 1.02. The lowest BCUT2D eigenvalue weighted by Crippen LogP contribution is -1.96. The van der Waals surface area contributed by atoms with Crippen molar-refractivity contribution in [2.45, 2.75) is 26.4 Å². The van der Waals surface area contributed by atoms with Crippen LogP contribution in [0.2, 0.25) is 0 Å². The monoisotopic (exact) mass is 179 g/mol. The van der Waals surface area contributed by atoms with Gasteiger partial charge in [-0.15, -0.1) is 0 Å². The van der Waals surface area contributed by atoms with Crippen LogP contribution in [-0.4, -0.2) is 6.61 Å². The minimum Gasteiger partial charge on any atom is -0.494 e. The average molecular weight is 179 g/mol. The summed E-state index contributed by atoms with van der Waals surface area (Å²) in [7, 11) is 0. The number of rotatable bonds is 5. The van der Waals surface area contributed by atoms with E-state index in [1.165, 1.54) is 0 Å². The van der Waals surface area contributed by atoms with E-state index in [0.29, 0.717) is 0 Å². The number of hydrogen-bond acceptors (Lipinski definition) is 1. The Morgan fingerprint density at radius 1 is 1.23 bits per heavy atom. The second kappa shape index (κ2) is 5.60. The molecule has 2 nitrogen and oxygen atoms in total. The summed E-state index contributed by atoms with van der Waals surface area (Å²) in [6, 6.07) is 7.33. The van der Waals surface area contributed by atoms with Gasteiger partial charge in [-0.3, -0.25) is 0 Å². The molecule has 1 aromatic carbocycles. The van der Waals surface area contributed by atoms with Crippen molar-refractivity contribution in [1.82, 2.24) is 0 Å². The predicted octanol–water partition coefficient (Wildman–Crippen LogP) is 2.80. The molecule has 0 saturated heterocycles. The quantitative estimate of drug-likeness (QED) is 0.639. The summed E-state index contributed by atoms with van der Waals surface area (Å²) in [5.41, 5.74) is 0.808. The number of benzene rings is 1. The van der Waals surface area contributed by atoms with Gasteiger partial charge in [-0.2, -0.15) is 0 Å². The first kappa shape index (κ1) is 10.1. The van der Waals surface area contributed by atoms with Crippen molar-refractivity contribution in [2.24, 2.45) is 0 Å². The smallest absolute Gasteiger partial charge is 0.119 e. The molecule has 0 bridgehead atoms. The molecule has 2 heteroatoms. The number of unbranched alkanes of at least 4 members (excludes halogenated alkanes) is 1. The molecule has 0 aliphatic carbocycles. The van der Waals surface area contributed by atoms with Gasteiger partial charge in [0.25, 0.3) is 0 Å². The molecular formula is C11H15O2. The Hall–Kier alpha value is -1.02. The van der Waals surface area contributed by atoms with Gasteiger partial charge >= 0.3 is 0 Å². The maximum atomic E-state index is 10.5. The predicted molar refractivity (Wildman–Crippen MR) is 51.2 cm³/mol. The zero-order valence-electron chi connectivity index (χ0n) is 7.95. The van der Waals surface area contributed by atoms with E-state index in [9.17, 15) is 5.11 Å². The molecule has 0 N–H and O–H groups in total. The Kier molecular flexibility index (Phi) is 4.33. The fraction of sp³-hybridized carbons (Fsp3) is 0.455. The SMILES string of the molecule is CCCCOc1ccc(C[O])cc1. The lowest BCUT2D eigenvalue weighted by molar-refractivity contribution is 0.177. The normalized spacial score (nSPS) is 10.0. The third-order valence-corrected chi connectivity index (χ3v) is 1.86. The highest BCUT2D eigenvalue weighted by Gasteiger charge is 1.93. The summed E-state index contributed by atoms with van der Waals surface area (Å²) in [6.45, 7) is 2.73. The van der Waals surface area contributed by atoms with Crippen LogP contribution in [0, 0.1) is 0 Å². The molecule has 1 aromatic rings. The standard InChI is InChI=1S/C11H15O2/c1-2-3-8-13-11-6-4-10(9-12)5-7-11/h4-7H,2-3,8-9H2,1H3. The highest BCUT2D eigenvalue weighted by atomic mass is 16.5. The molecule has 0 spiro atoms. The molecule has 13 heavy (non-hydrogen) atoms. The average Bonchev–Trinajstić information content (AvgIpc) is 2.19. The molecule has 0 aliphatic rings. The van der Waals surface area contributed by atoms with Gasteiger partial charge in [-0.05, 0) is 24.1 Å². The van der Waals surface area contributed by atoms with E-state index in [-0.39, 0.29) is 6.61 Å². The molecule has 0 aliphatic heterocycles. The fourth-order valence-electron chi connectivity index (χ4n) is 1.02. The number of ether oxygens (including phenoxy) is 1. The first-order chi connectivity index (χ1) is 6.36. The van der Waals surface area contributed by atoms with E-state index in [4.69, 9.17) is 4.74 Å². The van der Waals surface area contributed by atoms with Gasteiger partial charge in [0.15, 0.2) is 0 Å². The van der Waals surface area contributed by atoms with E-state index in [1.807, 2.05) is 24.3 Å². The van der Waals surface area contributed by atoms with Crippen LogP contribution in [-0.2, 0) is 11.7 Å². The maximum Gasteiger partial charge on any atom is 0.119 e. The molecule has 1 radical (unpaired) electrons. The minimum atomic E-state index is -0.157. The molecule has 0 fully saturated rings. The first-order valence-electron chi connectivity index (χ1n) is 4.66. The summed E-state index contributed by atoms with van der Waals surface area (Å²) in [5.74, 6) is 0.852. The van der Waals surface area contributed by atoms with E-state index >= 15 is 0 Å². The highest BCUT2D eigenvalue weighted by molar-refractivity contribution is 5.26. The molecule has 0 heterocycles. The molecule has 0 unspecified atom stereocenters. The summed E-state index contributed by atoms with van der Waals surface area (Å²) in [6.07, 6.45) is 2.21. The van der Waals surface area contributed by atoms with E-state index in [1.54, 1.807) is 0 Å². The van der Waals surface area contributed by atoms with Gasteiger partial charge < -0.3 is 4.74 Å². The van der Waals surface area contributed by atoms with E-state index in [0.717, 1.165) is 30.8 Å². The maximum absolute atomic E-state index is 10.5. The van der Waals surface area contributed by atoms with Crippen LogP contribution >= 0.6 is 0 Å². The van der Waals surface area contributed by atoms with Crippen molar-refractivity contribution in [3.63, 3.8) is 0 Å². The highest BCUT2D eigenvalue weighted by Crippen LogP contribution is 2.12. The van der Waals surface area contributed by atoms with Crippen molar-refractivity contribution in [1.29, 1.82) is 0 Å². The van der Waals surface area contributed by atoms with Crippen LogP contribution < -0.4 is 4.74 Å². The van der Waals surface area contributed by atoms with Crippen LogP contribution in [0.3, 0.4) is 0 Å². The Balaban J connectivity index is 2.40. The molecule has 71 valence electrons. The molecular weight excluding hydrogens is 164 g/mol. The van der Waals surface area contributed by atoms with Crippen molar-refractivity contribution >= 4 is 0 Å². The summed E-state index contributed by atoms with van der Waals surface area (Å²) >= 11 is 0. The second-order valence-electron chi connectivity index (χ2n) is 2.99. The summed E-state index contributed by atoms with van der Waals surface area (Å²) in [4.78, 5) is 0. The number of hydrogen-bond donors (Lipinski definition) is 0. The van der Waals surface area contributed by atoms with Crippen LogP contribution in [0.1, 0.15) is 25.3 Å². The van der Waals surface area contributed by atoms with Crippen LogP contribution in [0.4, 0.5) is 0 Å². The Labute approximate surface area is 79.2 Å². The Morgan fingerprint density at radius 2 is 1.92 bits per heavy atom. The van der Waals surface area contributed by atoms with Crippen LogP contribution in [0.15, 0.2) is 24.3 Å². The van der Waals surface area contributed by atoms with Gasteiger partial charge in [0.05, 0.1) is 6.61 Å². The summed E-state index contributed by atoms with van der Waals surface area (Å²) in [5, 5.41) is 10.5. The molecule has 0 atom stereocenters. The van der Waals surface area contributed by atoms with Gasteiger partial charge in [0, 0.05) is 0 Å². The van der Waals surface area contributed by atoms with Gasteiger partial charge in [-0.1, -0.05) is 25.5 Å². The zero-order valence-corrected chi connectivity index (χ0v) is 7.95. The molecule has 0 saturated carbocycles. The largest absolute Gasteiger partial charge is 0.494 e. The molecule has 1 rings (SSSR count). The summed E-state index contributed by atoms with van der Waals surface area (Å²) < 4.78 is 5.44. The Morgan fingerprint density at radius 3 is 2.46 bits per heavy atom.